The van der Waals surface area contributed by atoms with Gasteiger partial charge < -0.3 is 49.8 Å². The van der Waals surface area contributed by atoms with Crippen molar-refractivity contribution in [2.75, 3.05) is 48.0 Å². The molecule has 0 aliphatic carbocycles. The molecule has 0 bridgehead atoms. The number of hydrogen-bond donors (Lipinski definition) is 5. The number of methoxy groups -OCH3 is 2. The van der Waals surface area contributed by atoms with Gasteiger partial charge in [-0.3, -0.25) is 24.1 Å². The van der Waals surface area contributed by atoms with E-state index in [2.05, 4.69) is 44.4 Å². The van der Waals surface area contributed by atoms with Crippen LogP contribution in [0.4, 0.5) is 4.79 Å². The SMILES string of the molecule is CCC.CCC(C)C(C(CC(=O)N1CCCC1C(OC)C(C)C(=O)NC(C)C(O)c1ccccc1)OC)N(C)C(=O)CNC(=O)C(C(C)C)N(C)C(=O)OCC(C)(C)SSc1nc2ncnc(C(=O)O)c2[nH]1. The summed E-state index contributed by atoms with van der Waals surface area (Å²) in [6.07, 6.45) is 1.30. The van der Waals surface area contributed by atoms with E-state index in [-0.39, 0.29) is 60.1 Å². The number of carbonyl (C=O) groups is 6. The molecule has 2 aromatic heterocycles. The fraction of sp³-hybridized carbons (Fsp3) is 0.660. The number of rotatable bonds is 25. The molecular formula is C50H79N9O11S2. The van der Waals surface area contributed by atoms with Gasteiger partial charge in [0.05, 0.1) is 60.1 Å². The van der Waals surface area contributed by atoms with E-state index in [1.165, 1.54) is 59.1 Å². The van der Waals surface area contributed by atoms with Crippen LogP contribution >= 0.6 is 21.6 Å². The molecule has 72 heavy (non-hydrogen) atoms. The van der Waals surface area contributed by atoms with Gasteiger partial charge >= 0.3 is 12.1 Å². The van der Waals surface area contributed by atoms with Crippen LogP contribution in [-0.2, 0) is 33.4 Å². The van der Waals surface area contributed by atoms with E-state index >= 15 is 0 Å². The minimum atomic E-state index is -1.22. The second-order valence-corrected chi connectivity index (χ2v) is 22.1. The average molecular weight is 1050 g/mol. The number of ether oxygens (including phenoxy) is 3. The average Bonchev–Trinajstić information content (AvgIpc) is 4.02. The van der Waals surface area contributed by atoms with Crippen molar-refractivity contribution in [2.24, 2.45) is 17.8 Å². The summed E-state index contributed by atoms with van der Waals surface area (Å²) in [4.78, 5) is 99.8. The first kappa shape index (κ1) is 61.3. The molecule has 402 valence electrons. The number of carbonyl (C=O) groups excluding carboxylic acids is 5. The van der Waals surface area contributed by atoms with Crippen LogP contribution in [0.5, 0.6) is 0 Å². The summed E-state index contributed by atoms with van der Waals surface area (Å²) in [7, 11) is 8.64. The Labute approximate surface area is 432 Å². The summed E-state index contributed by atoms with van der Waals surface area (Å²) in [6.45, 7) is 19.0. The summed E-state index contributed by atoms with van der Waals surface area (Å²) in [5.74, 6) is -3.85. The van der Waals surface area contributed by atoms with Gasteiger partial charge in [0, 0.05) is 34.9 Å². The summed E-state index contributed by atoms with van der Waals surface area (Å²) in [5.41, 5.74) is 0.880. The molecule has 1 fully saturated rings. The van der Waals surface area contributed by atoms with Crippen molar-refractivity contribution in [2.45, 2.75) is 154 Å². The quantitative estimate of drug-likeness (QED) is 0.0579. The third kappa shape index (κ3) is 16.8. The largest absolute Gasteiger partial charge is 0.476 e. The molecule has 5 amide bonds. The molecule has 0 radical (unpaired) electrons. The van der Waals surface area contributed by atoms with E-state index in [1.54, 1.807) is 51.8 Å². The number of nitrogens with zero attached hydrogens (tertiary/aromatic N) is 6. The van der Waals surface area contributed by atoms with Gasteiger partial charge in [-0.05, 0) is 61.8 Å². The van der Waals surface area contributed by atoms with E-state index in [9.17, 15) is 39.0 Å². The number of carboxylic acid groups (broad SMARTS) is 1. The van der Waals surface area contributed by atoms with Crippen LogP contribution in [-0.4, -0.2) is 170 Å². The van der Waals surface area contributed by atoms with Gasteiger partial charge in [0.15, 0.2) is 16.5 Å². The predicted octanol–water partition coefficient (Wildman–Crippen LogP) is 6.35. The molecule has 0 saturated carbocycles. The topological polar surface area (TPSA) is 259 Å². The summed E-state index contributed by atoms with van der Waals surface area (Å²) < 4.78 is 16.9. The maximum Gasteiger partial charge on any atom is 0.410 e. The Balaban J connectivity index is 0.00000445. The fourth-order valence-corrected chi connectivity index (χ4v) is 10.6. The van der Waals surface area contributed by atoms with Gasteiger partial charge in [0.25, 0.3) is 0 Å². The highest BCUT2D eigenvalue weighted by Crippen LogP contribution is 2.40. The number of benzene rings is 1. The molecule has 4 rings (SSSR count). The maximum atomic E-state index is 14.2. The maximum absolute atomic E-state index is 14.2. The highest BCUT2D eigenvalue weighted by atomic mass is 33.1. The number of nitrogens with one attached hydrogen (secondary N) is 3. The predicted molar refractivity (Wildman–Crippen MR) is 278 cm³/mol. The lowest BCUT2D eigenvalue weighted by molar-refractivity contribution is -0.146. The summed E-state index contributed by atoms with van der Waals surface area (Å²) >= 11 is 0. The summed E-state index contributed by atoms with van der Waals surface area (Å²) in [5, 5.41) is 26.3. The van der Waals surface area contributed by atoms with Gasteiger partial charge in [-0.25, -0.2) is 24.5 Å². The number of aromatic amines is 1. The molecule has 3 aromatic rings. The lowest BCUT2D eigenvalue weighted by Crippen LogP contribution is -2.56. The number of carboxylic acids is 1. The standard InChI is InChI=1S/C47H71N9O11S2.C3H8/c1-13-27(4)38(32(65-11)22-33(57)56-21-17-20-31(56)40(66-12)28(5)42(60)51-29(6)39(59)30-18-15-14-16-19-30)54(9)34(58)23-48-43(61)37(26(2)3)55(10)46(64)67-24-47(7,8)69-68-45-52-35-36(44(62)63)49-25-50-41(35)53-45;1-3-2/h14-16,18-19,25-29,31-32,37-40,59H,13,17,20-24H2,1-12H3,(H,48,61)(H,51,60)(H,62,63)(H,49,50,52,53);3H2,1-2H3. The lowest BCUT2D eigenvalue weighted by atomic mass is 9.90. The third-order valence-electron chi connectivity index (χ3n) is 12.7. The molecule has 1 aliphatic rings. The Kier molecular flexibility index (Phi) is 24.7. The summed E-state index contributed by atoms with van der Waals surface area (Å²) in [6, 6.07) is 6.56. The van der Waals surface area contributed by atoms with E-state index in [0.717, 1.165) is 6.33 Å². The number of amides is 5. The molecule has 9 atom stereocenters. The van der Waals surface area contributed by atoms with Crippen LogP contribution in [0.25, 0.3) is 11.2 Å². The van der Waals surface area contributed by atoms with Crippen LogP contribution in [0.1, 0.15) is 123 Å². The minimum Gasteiger partial charge on any atom is -0.476 e. The zero-order valence-electron chi connectivity index (χ0n) is 44.5. The third-order valence-corrected chi connectivity index (χ3v) is 15.7. The van der Waals surface area contributed by atoms with Crippen molar-refractivity contribution >= 4 is 68.4 Å². The van der Waals surface area contributed by atoms with Gasteiger partial charge in [0.2, 0.25) is 23.6 Å². The Bertz CT molecular complexity index is 2240. The number of aromatic nitrogens is 4. The van der Waals surface area contributed by atoms with Gasteiger partial charge in [-0.2, -0.15) is 0 Å². The highest BCUT2D eigenvalue weighted by molar-refractivity contribution is 8.77. The number of hydrogen-bond acceptors (Lipinski definition) is 15. The molecule has 1 aromatic carbocycles. The van der Waals surface area contributed by atoms with Crippen molar-refractivity contribution in [3.63, 3.8) is 0 Å². The zero-order chi connectivity index (χ0) is 54.0. The Hall–Kier alpha value is -5.03. The Morgan fingerprint density at radius 1 is 0.958 bits per heavy atom. The van der Waals surface area contributed by atoms with Gasteiger partial charge in [-0.15, -0.1) is 0 Å². The first-order valence-electron chi connectivity index (χ1n) is 24.6. The smallest absolute Gasteiger partial charge is 0.410 e. The molecule has 20 nitrogen and oxygen atoms in total. The first-order chi connectivity index (χ1) is 34.0. The first-order valence-corrected chi connectivity index (χ1v) is 26.7. The van der Waals surface area contributed by atoms with Crippen molar-refractivity contribution < 1.29 is 53.2 Å². The van der Waals surface area contributed by atoms with E-state index in [0.29, 0.717) is 36.5 Å². The van der Waals surface area contributed by atoms with Crippen LogP contribution < -0.4 is 10.6 Å². The second kappa shape index (κ2) is 29.0. The highest BCUT2D eigenvalue weighted by Gasteiger charge is 2.43. The molecular weight excluding hydrogens is 967 g/mol. The van der Waals surface area contributed by atoms with E-state index < -0.39 is 77.0 Å². The van der Waals surface area contributed by atoms with E-state index in [1.807, 2.05) is 45.9 Å². The number of aliphatic hydroxyl groups excluding tert-OH is 1. The number of aromatic carboxylic acids is 1. The molecule has 0 spiro atoms. The normalized spacial score (nSPS) is 17.1. The molecule has 1 saturated heterocycles. The van der Waals surface area contributed by atoms with Crippen molar-refractivity contribution in [3.05, 3.63) is 47.9 Å². The monoisotopic (exact) mass is 1050 g/mol. The van der Waals surface area contributed by atoms with Crippen LogP contribution in [0, 0.1) is 17.8 Å². The fourth-order valence-electron chi connectivity index (χ4n) is 8.65. The number of likely N-dealkylation sites (N-methyl/N-ethyl adjacent to an activating group) is 2. The Morgan fingerprint density at radius 3 is 2.19 bits per heavy atom. The molecule has 9 unspecified atom stereocenters. The number of fused-ring (bicyclic) bond motifs is 1. The number of likely N-dealkylation sites (tertiary alicyclic amines) is 1. The van der Waals surface area contributed by atoms with Crippen LogP contribution in [0.2, 0.25) is 0 Å². The number of aliphatic hydroxyl groups is 1. The Morgan fingerprint density at radius 2 is 1.61 bits per heavy atom. The second-order valence-electron chi connectivity index (χ2n) is 19.3. The molecule has 3 heterocycles. The van der Waals surface area contributed by atoms with Crippen molar-refractivity contribution in [1.82, 2.24) is 45.3 Å². The molecule has 5 N–H and O–H groups in total. The minimum absolute atomic E-state index is 0.0491. The zero-order valence-corrected chi connectivity index (χ0v) is 46.1. The van der Waals surface area contributed by atoms with Crippen LogP contribution in [0.15, 0.2) is 41.8 Å². The molecule has 22 heteroatoms. The van der Waals surface area contributed by atoms with Gasteiger partial charge in [-0.1, -0.05) is 102 Å². The van der Waals surface area contributed by atoms with Crippen molar-refractivity contribution in [1.29, 1.82) is 0 Å². The number of imidazole rings is 1. The lowest BCUT2D eigenvalue weighted by Gasteiger charge is -2.39. The van der Waals surface area contributed by atoms with Gasteiger partial charge in [0.1, 0.15) is 24.5 Å². The van der Waals surface area contributed by atoms with Crippen LogP contribution in [0.3, 0.4) is 0 Å². The van der Waals surface area contributed by atoms with E-state index in [4.69, 9.17) is 14.2 Å². The van der Waals surface area contributed by atoms with Crippen molar-refractivity contribution in [3.8, 4) is 0 Å². The number of H-pyrrole nitrogens is 1. The molecule has 1 aliphatic heterocycles.